The second-order valence-corrected chi connectivity index (χ2v) is 7.23. The van der Waals surface area contributed by atoms with Crippen molar-refractivity contribution in [1.82, 2.24) is 10.2 Å². The molecule has 0 saturated heterocycles. The summed E-state index contributed by atoms with van der Waals surface area (Å²) >= 11 is 1.11. The van der Waals surface area contributed by atoms with Gasteiger partial charge in [0, 0.05) is 43.2 Å². The van der Waals surface area contributed by atoms with E-state index in [-0.39, 0.29) is 23.5 Å². The molecular formula is C20H22FN3O3S. The van der Waals surface area contributed by atoms with Gasteiger partial charge in [0.1, 0.15) is 5.82 Å². The fourth-order valence-electron chi connectivity index (χ4n) is 2.18. The van der Waals surface area contributed by atoms with E-state index in [0.717, 1.165) is 16.7 Å². The molecule has 0 aliphatic rings. The van der Waals surface area contributed by atoms with Crippen LogP contribution in [0.5, 0.6) is 0 Å². The van der Waals surface area contributed by atoms with E-state index in [4.69, 9.17) is 0 Å². The molecule has 0 heterocycles. The Morgan fingerprint density at radius 3 is 2.25 bits per heavy atom. The summed E-state index contributed by atoms with van der Waals surface area (Å²) in [4.78, 5) is 37.8. The van der Waals surface area contributed by atoms with Gasteiger partial charge in [-0.15, -0.1) is 0 Å². The lowest BCUT2D eigenvalue weighted by atomic mass is 10.2. The van der Waals surface area contributed by atoms with Crippen LogP contribution in [0.25, 0.3) is 0 Å². The zero-order chi connectivity index (χ0) is 20.5. The predicted octanol–water partition coefficient (Wildman–Crippen LogP) is 3.75. The zero-order valence-corrected chi connectivity index (χ0v) is 16.5. The Balaban J connectivity index is 1.70. The van der Waals surface area contributed by atoms with Crippen LogP contribution in [0.15, 0.2) is 53.4 Å². The molecular weight excluding hydrogens is 381 g/mol. The predicted molar refractivity (Wildman–Crippen MR) is 108 cm³/mol. The van der Waals surface area contributed by atoms with Crippen LogP contribution in [-0.2, 0) is 4.79 Å². The van der Waals surface area contributed by atoms with Gasteiger partial charge in [-0.25, -0.2) is 4.39 Å². The number of hydrogen-bond acceptors (Lipinski definition) is 4. The SMILES string of the molecule is CN(C)C(=O)Sc1ccc(NC(=O)CCCNC(=O)c2ccc(F)cc2)cc1. The molecule has 3 amide bonds. The highest BCUT2D eigenvalue weighted by molar-refractivity contribution is 8.13. The average molecular weight is 403 g/mol. The third-order valence-electron chi connectivity index (χ3n) is 3.68. The first-order valence-corrected chi connectivity index (χ1v) is 9.49. The number of amides is 3. The molecule has 0 fully saturated rings. The first-order chi connectivity index (χ1) is 13.3. The molecule has 2 aromatic rings. The minimum absolute atomic E-state index is 0.0699. The molecule has 0 spiro atoms. The summed E-state index contributed by atoms with van der Waals surface area (Å²) < 4.78 is 12.8. The summed E-state index contributed by atoms with van der Waals surface area (Å²) in [7, 11) is 3.37. The molecule has 0 saturated carbocycles. The summed E-state index contributed by atoms with van der Waals surface area (Å²) in [6.45, 7) is 0.339. The van der Waals surface area contributed by atoms with Crippen molar-refractivity contribution in [3.63, 3.8) is 0 Å². The quantitative estimate of drug-likeness (QED) is 0.545. The zero-order valence-electron chi connectivity index (χ0n) is 15.7. The second kappa shape index (κ2) is 10.5. The van der Waals surface area contributed by atoms with Gasteiger partial charge in [0.2, 0.25) is 5.91 Å². The van der Waals surface area contributed by atoms with E-state index in [9.17, 15) is 18.8 Å². The van der Waals surface area contributed by atoms with Crippen molar-refractivity contribution in [2.45, 2.75) is 17.7 Å². The maximum Gasteiger partial charge on any atom is 0.285 e. The van der Waals surface area contributed by atoms with Crippen LogP contribution in [0.3, 0.4) is 0 Å². The summed E-state index contributed by atoms with van der Waals surface area (Å²) in [5.41, 5.74) is 1.01. The average Bonchev–Trinajstić information content (AvgIpc) is 2.67. The molecule has 28 heavy (non-hydrogen) atoms. The van der Waals surface area contributed by atoms with E-state index in [0.29, 0.717) is 24.2 Å². The van der Waals surface area contributed by atoms with Crippen molar-refractivity contribution >= 4 is 34.5 Å². The highest BCUT2D eigenvalue weighted by Gasteiger charge is 2.08. The van der Waals surface area contributed by atoms with Gasteiger partial charge in [-0.1, -0.05) is 0 Å². The summed E-state index contributed by atoms with van der Waals surface area (Å²) in [5.74, 6) is -0.870. The Morgan fingerprint density at radius 2 is 1.64 bits per heavy atom. The lowest BCUT2D eigenvalue weighted by molar-refractivity contribution is -0.116. The highest BCUT2D eigenvalue weighted by Crippen LogP contribution is 2.22. The minimum Gasteiger partial charge on any atom is -0.352 e. The maximum atomic E-state index is 12.8. The molecule has 0 unspecified atom stereocenters. The van der Waals surface area contributed by atoms with Gasteiger partial charge in [0.25, 0.3) is 11.1 Å². The van der Waals surface area contributed by atoms with Gasteiger partial charge in [0.15, 0.2) is 0 Å². The normalized spacial score (nSPS) is 10.2. The third-order valence-corrected chi connectivity index (χ3v) is 4.73. The molecule has 0 radical (unpaired) electrons. The van der Waals surface area contributed by atoms with Gasteiger partial charge < -0.3 is 15.5 Å². The molecule has 0 aromatic heterocycles. The smallest absolute Gasteiger partial charge is 0.285 e. The van der Waals surface area contributed by atoms with Crippen molar-refractivity contribution in [3.8, 4) is 0 Å². The number of benzene rings is 2. The van der Waals surface area contributed by atoms with E-state index < -0.39 is 5.82 Å². The van der Waals surface area contributed by atoms with Crippen LogP contribution >= 0.6 is 11.8 Å². The van der Waals surface area contributed by atoms with Crippen molar-refractivity contribution in [2.75, 3.05) is 26.0 Å². The Bertz CT molecular complexity index is 824. The molecule has 2 aromatic carbocycles. The standard InChI is InChI=1S/C20H22FN3O3S/c1-24(2)20(27)28-17-11-9-16(10-12-17)23-18(25)4-3-13-22-19(26)14-5-7-15(21)8-6-14/h5-12H,3-4,13H2,1-2H3,(H,22,26)(H,23,25). The topological polar surface area (TPSA) is 78.5 Å². The second-order valence-electron chi connectivity index (χ2n) is 6.20. The van der Waals surface area contributed by atoms with Gasteiger partial charge in [-0.2, -0.15) is 0 Å². The van der Waals surface area contributed by atoms with Crippen LogP contribution < -0.4 is 10.6 Å². The summed E-state index contributed by atoms with van der Waals surface area (Å²) in [6, 6.07) is 12.3. The molecule has 6 nitrogen and oxygen atoms in total. The number of anilines is 1. The van der Waals surface area contributed by atoms with Crippen LogP contribution in [0.2, 0.25) is 0 Å². The van der Waals surface area contributed by atoms with Gasteiger partial charge >= 0.3 is 0 Å². The number of nitrogens with zero attached hydrogens (tertiary/aromatic N) is 1. The largest absolute Gasteiger partial charge is 0.352 e. The van der Waals surface area contributed by atoms with Gasteiger partial charge in [-0.05, 0) is 66.7 Å². The number of rotatable bonds is 7. The third kappa shape index (κ3) is 7.03. The van der Waals surface area contributed by atoms with Gasteiger partial charge in [0.05, 0.1) is 0 Å². The molecule has 0 aliphatic carbocycles. The van der Waals surface area contributed by atoms with Crippen LogP contribution in [0.4, 0.5) is 14.9 Å². The number of halogens is 1. The van der Waals surface area contributed by atoms with Gasteiger partial charge in [-0.3, -0.25) is 14.4 Å². The molecule has 0 aliphatic heterocycles. The van der Waals surface area contributed by atoms with E-state index >= 15 is 0 Å². The Hall–Kier alpha value is -2.87. The van der Waals surface area contributed by atoms with Crippen LogP contribution in [0, 0.1) is 5.82 Å². The van der Waals surface area contributed by atoms with Crippen molar-refractivity contribution < 1.29 is 18.8 Å². The van der Waals surface area contributed by atoms with Crippen LogP contribution in [0.1, 0.15) is 23.2 Å². The fourth-order valence-corrected chi connectivity index (χ4v) is 2.83. The lowest BCUT2D eigenvalue weighted by Gasteiger charge is -2.10. The summed E-state index contributed by atoms with van der Waals surface area (Å²) in [6.07, 6.45) is 0.726. The number of hydrogen-bond donors (Lipinski definition) is 2. The van der Waals surface area contributed by atoms with Crippen molar-refractivity contribution in [1.29, 1.82) is 0 Å². The number of carbonyl (C=O) groups is 3. The monoisotopic (exact) mass is 403 g/mol. The molecule has 2 N–H and O–H groups in total. The Labute approximate surface area is 167 Å². The molecule has 2 rings (SSSR count). The lowest BCUT2D eigenvalue weighted by Crippen LogP contribution is -2.25. The van der Waals surface area contributed by atoms with E-state index in [1.165, 1.54) is 29.2 Å². The highest BCUT2D eigenvalue weighted by atomic mass is 32.2. The molecule has 148 valence electrons. The van der Waals surface area contributed by atoms with E-state index in [1.807, 2.05) is 0 Å². The van der Waals surface area contributed by atoms with Crippen LogP contribution in [-0.4, -0.2) is 42.6 Å². The Kier molecular flexibility index (Phi) is 8.01. The first kappa shape index (κ1) is 21.4. The Morgan fingerprint density at radius 1 is 1.00 bits per heavy atom. The number of thioether (sulfide) groups is 1. The maximum absolute atomic E-state index is 12.8. The minimum atomic E-state index is -0.399. The number of carbonyl (C=O) groups excluding carboxylic acids is 3. The molecule has 8 heteroatoms. The van der Waals surface area contributed by atoms with E-state index in [1.54, 1.807) is 38.4 Å². The van der Waals surface area contributed by atoms with Crippen molar-refractivity contribution in [3.05, 3.63) is 59.9 Å². The molecule has 0 bridgehead atoms. The fraction of sp³-hybridized carbons (Fsp3) is 0.250. The summed E-state index contributed by atoms with van der Waals surface area (Å²) in [5, 5.41) is 5.40. The number of nitrogens with one attached hydrogen (secondary N) is 2. The first-order valence-electron chi connectivity index (χ1n) is 8.68. The van der Waals surface area contributed by atoms with E-state index in [2.05, 4.69) is 10.6 Å². The van der Waals surface area contributed by atoms with Crippen molar-refractivity contribution in [2.24, 2.45) is 0 Å². The molecule has 0 atom stereocenters.